The van der Waals surface area contributed by atoms with Crippen molar-refractivity contribution in [2.45, 2.75) is 38.0 Å². The molecule has 0 bridgehead atoms. The molecule has 2 heteroatoms. The molecule has 9 aromatic rings. The van der Waals surface area contributed by atoms with Crippen molar-refractivity contribution in [1.82, 2.24) is 0 Å². The molecule has 7 aromatic carbocycles. The fourth-order valence-electron chi connectivity index (χ4n) is 9.22. The highest BCUT2D eigenvalue weighted by Gasteiger charge is 2.37. The molecule has 1 atom stereocenters. The lowest BCUT2D eigenvalue weighted by atomic mass is 9.79. The molecule has 0 N–H and O–H groups in total. The van der Waals surface area contributed by atoms with Crippen molar-refractivity contribution < 1.29 is 4.42 Å². The van der Waals surface area contributed by atoms with Gasteiger partial charge in [0, 0.05) is 47.8 Å². The van der Waals surface area contributed by atoms with E-state index in [4.69, 9.17) is 4.42 Å². The van der Waals surface area contributed by atoms with Crippen molar-refractivity contribution in [1.29, 1.82) is 0 Å². The molecular formula is C48H34OS. The van der Waals surface area contributed by atoms with Crippen molar-refractivity contribution in [3.63, 3.8) is 0 Å². The molecule has 238 valence electrons. The number of benzene rings is 7. The quantitative estimate of drug-likeness (QED) is 0.180. The summed E-state index contributed by atoms with van der Waals surface area (Å²) in [5.41, 5.74) is 17.0. The first-order chi connectivity index (χ1) is 24.5. The van der Waals surface area contributed by atoms with Crippen LogP contribution in [0.1, 0.15) is 54.0 Å². The zero-order valence-corrected chi connectivity index (χ0v) is 28.9. The van der Waals surface area contributed by atoms with Gasteiger partial charge in [-0.1, -0.05) is 123 Å². The Kier molecular flexibility index (Phi) is 5.85. The standard InChI is InChI=1S/C48H34OS/c1-48(2)41-26-30(29-19-24-44-40(25-29)36-10-5-7-13-43(36)49-44)17-21-34(41)35-22-18-31(27-42(35)48)32-20-15-28-16-23-39-37-11-6-8-14-45(37)50-47(39)46(28)38-12-4-3-9-33(32)38/h3-14,16-19,21-27,32H,15,20H2,1-2H3. The lowest BCUT2D eigenvalue weighted by Crippen LogP contribution is -2.16. The molecule has 2 aliphatic rings. The van der Waals surface area contributed by atoms with Gasteiger partial charge in [-0.25, -0.2) is 0 Å². The summed E-state index contributed by atoms with van der Waals surface area (Å²) in [6, 6.07) is 52.3. The van der Waals surface area contributed by atoms with Crippen LogP contribution in [-0.2, 0) is 11.8 Å². The molecule has 0 amide bonds. The lowest BCUT2D eigenvalue weighted by molar-refractivity contribution is 0.655. The smallest absolute Gasteiger partial charge is 0.135 e. The van der Waals surface area contributed by atoms with Crippen LogP contribution in [0.25, 0.3) is 75.5 Å². The Morgan fingerprint density at radius 3 is 2.22 bits per heavy atom. The third kappa shape index (κ3) is 3.94. The third-order valence-electron chi connectivity index (χ3n) is 11.8. The summed E-state index contributed by atoms with van der Waals surface area (Å²) < 4.78 is 8.93. The van der Waals surface area contributed by atoms with E-state index >= 15 is 0 Å². The highest BCUT2D eigenvalue weighted by Crippen LogP contribution is 2.52. The second kappa shape index (κ2) is 10.3. The Labute approximate surface area is 295 Å². The number of furan rings is 1. The predicted octanol–water partition coefficient (Wildman–Crippen LogP) is 13.7. The van der Waals surface area contributed by atoms with Crippen molar-refractivity contribution in [3.8, 4) is 33.4 Å². The molecule has 1 nitrogen and oxygen atoms in total. The van der Waals surface area contributed by atoms with E-state index in [1.54, 1.807) is 0 Å². The Hall–Kier alpha value is -5.44. The van der Waals surface area contributed by atoms with Gasteiger partial charge in [0.05, 0.1) is 0 Å². The number of thiophene rings is 1. The molecule has 1 unspecified atom stereocenters. The van der Waals surface area contributed by atoms with Gasteiger partial charge in [-0.05, 0) is 98.8 Å². The molecule has 2 aromatic heterocycles. The van der Waals surface area contributed by atoms with Gasteiger partial charge in [-0.15, -0.1) is 11.3 Å². The fraction of sp³-hybridized carbons (Fsp3) is 0.125. The number of fused-ring (bicyclic) bond motifs is 13. The predicted molar refractivity (Wildman–Crippen MR) is 212 cm³/mol. The topological polar surface area (TPSA) is 13.1 Å². The van der Waals surface area contributed by atoms with E-state index in [9.17, 15) is 0 Å². The summed E-state index contributed by atoms with van der Waals surface area (Å²) >= 11 is 1.95. The first kappa shape index (κ1) is 28.4. The summed E-state index contributed by atoms with van der Waals surface area (Å²) in [5, 5.41) is 5.09. The van der Waals surface area contributed by atoms with E-state index in [0.29, 0.717) is 5.92 Å². The molecule has 50 heavy (non-hydrogen) atoms. The van der Waals surface area contributed by atoms with E-state index in [1.165, 1.54) is 92.1 Å². The van der Waals surface area contributed by atoms with E-state index in [0.717, 1.165) is 24.0 Å². The second-order valence-electron chi connectivity index (χ2n) is 14.8. The molecule has 2 heterocycles. The maximum absolute atomic E-state index is 6.13. The summed E-state index contributed by atoms with van der Waals surface area (Å²) in [5.74, 6) is 0.333. The van der Waals surface area contributed by atoms with Crippen LogP contribution in [0.15, 0.2) is 144 Å². The van der Waals surface area contributed by atoms with Crippen molar-refractivity contribution in [2.75, 3.05) is 0 Å². The number of hydrogen-bond acceptors (Lipinski definition) is 2. The molecule has 0 fully saturated rings. The van der Waals surface area contributed by atoms with E-state index in [-0.39, 0.29) is 5.41 Å². The molecule has 0 aliphatic heterocycles. The Balaban J connectivity index is 1.00. The van der Waals surface area contributed by atoms with Crippen LogP contribution in [0.2, 0.25) is 0 Å². The maximum atomic E-state index is 6.13. The SMILES string of the molecule is CC1(C)c2cc(-c3ccc4oc5ccccc5c4c3)ccc2-c2ccc(C3CCc4ccc5c(sc6ccccc65)c4-c4ccccc43)cc21. The van der Waals surface area contributed by atoms with Gasteiger partial charge in [0.15, 0.2) is 0 Å². The Bertz CT molecular complexity index is 2860. The van der Waals surface area contributed by atoms with Crippen molar-refractivity contribution >= 4 is 53.4 Å². The molecule has 11 rings (SSSR count). The molecule has 2 aliphatic carbocycles. The van der Waals surface area contributed by atoms with Crippen LogP contribution in [0, 0.1) is 0 Å². The van der Waals surface area contributed by atoms with Crippen LogP contribution in [0.3, 0.4) is 0 Å². The third-order valence-corrected chi connectivity index (χ3v) is 13.0. The lowest BCUT2D eigenvalue weighted by Gasteiger charge is -2.24. The molecule has 0 radical (unpaired) electrons. The van der Waals surface area contributed by atoms with Crippen LogP contribution >= 0.6 is 11.3 Å². The number of aryl methyl sites for hydroxylation is 1. The maximum Gasteiger partial charge on any atom is 0.135 e. The van der Waals surface area contributed by atoms with Crippen molar-refractivity contribution in [3.05, 3.63) is 167 Å². The van der Waals surface area contributed by atoms with Crippen LogP contribution < -0.4 is 0 Å². The number of para-hydroxylation sites is 1. The van der Waals surface area contributed by atoms with E-state index in [1.807, 2.05) is 17.4 Å². The summed E-state index contributed by atoms with van der Waals surface area (Å²) in [7, 11) is 0. The van der Waals surface area contributed by atoms with Gasteiger partial charge < -0.3 is 4.42 Å². The average molecular weight is 659 g/mol. The largest absolute Gasteiger partial charge is 0.456 e. The second-order valence-corrected chi connectivity index (χ2v) is 15.8. The number of rotatable bonds is 2. The highest BCUT2D eigenvalue weighted by atomic mass is 32.1. The molecule has 0 spiro atoms. The van der Waals surface area contributed by atoms with Gasteiger partial charge in [0.25, 0.3) is 0 Å². The van der Waals surface area contributed by atoms with E-state index < -0.39 is 0 Å². The Morgan fingerprint density at radius 1 is 0.580 bits per heavy atom. The van der Waals surface area contributed by atoms with Gasteiger partial charge in [-0.3, -0.25) is 0 Å². The first-order valence-corrected chi connectivity index (χ1v) is 18.6. The van der Waals surface area contributed by atoms with Crippen molar-refractivity contribution in [2.24, 2.45) is 0 Å². The minimum absolute atomic E-state index is 0.112. The van der Waals surface area contributed by atoms with Gasteiger partial charge in [-0.2, -0.15) is 0 Å². The van der Waals surface area contributed by atoms with Crippen LogP contribution in [-0.4, -0.2) is 0 Å². The minimum atomic E-state index is -0.112. The van der Waals surface area contributed by atoms with E-state index in [2.05, 4.69) is 147 Å². The van der Waals surface area contributed by atoms with Gasteiger partial charge in [0.2, 0.25) is 0 Å². The first-order valence-electron chi connectivity index (χ1n) is 17.8. The van der Waals surface area contributed by atoms with Crippen LogP contribution in [0.4, 0.5) is 0 Å². The Morgan fingerprint density at radius 2 is 1.30 bits per heavy atom. The molecule has 0 saturated heterocycles. The minimum Gasteiger partial charge on any atom is -0.456 e. The zero-order valence-electron chi connectivity index (χ0n) is 28.1. The average Bonchev–Trinajstić information content (AvgIpc) is 3.74. The summed E-state index contributed by atoms with van der Waals surface area (Å²) in [4.78, 5) is 0. The summed E-state index contributed by atoms with van der Waals surface area (Å²) in [6.45, 7) is 4.82. The van der Waals surface area contributed by atoms with Gasteiger partial charge in [0.1, 0.15) is 11.2 Å². The number of hydrogen-bond donors (Lipinski definition) is 0. The monoisotopic (exact) mass is 658 g/mol. The summed E-state index contributed by atoms with van der Waals surface area (Å²) in [6.07, 6.45) is 2.17. The van der Waals surface area contributed by atoms with Crippen LogP contribution in [0.5, 0.6) is 0 Å². The van der Waals surface area contributed by atoms with Gasteiger partial charge >= 0.3 is 0 Å². The zero-order chi connectivity index (χ0) is 33.1. The molecular weight excluding hydrogens is 625 g/mol. The molecule has 0 saturated carbocycles. The highest BCUT2D eigenvalue weighted by molar-refractivity contribution is 7.26. The fourth-order valence-corrected chi connectivity index (χ4v) is 10.5. The normalized spacial score (nSPS) is 16.0.